The van der Waals surface area contributed by atoms with Crippen LogP contribution < -0.4 is 5.73 Å². The van der Waals surface area contributed by atoms with Crippen molar-refractivity contribution in [2.24, 2.45) is 5.73 Å². The lowest BCUT2D eigenvalue weighted by Gasteiger charge is -2.11. The van der Waals surface area contributed by atoms with E-state index in [0.29, 0.717) is 5.56 Å². The second-order valence-corrected chi connectivity index (χ2v) is 6.49. The second kappa shape index (κ2) is 5.37. The normalized spacial score (nSPS) is 13.0. The Morgan fingerprint density at radius 3 is 2.35 bits per heavy atom. The topological polar surface area (TPSA) is 77.2 Å². The average Bonchev–Trinajstić information content (AvgIpc) is 2.26. The number of sulfone groups is 1. The molecule has 92 valence electrons. The molecule has 0 radical (unpaired) electrons. The van der Waals surface area contributed by atoms with Gasteiger partial charge in [-0.15, -0.1) is 0 Å². The van der Waals surface area contributed by atoms with E-state index in [9.17, 15) is 13.2 Å². The molecular weight excluding hydrogens is 258 g/mol. The smallest absolute Gasteiger partial charge is 0.180 e. The van der Waals surface area contributed by atoms with Crippen molar-refractivity contribution in [3.8, 4) is 0 Å². The summed E-state index contributed by atoms with van der Waals surface area (Å²) in [4.78, 5) is 11.8. The van der Waals surface area contributed by atoms with Gasteiger partial charge in [-0.25, -0.2) is 8.42 Å². The number of ketones is 1. The number of Topliss-reactive ketones (excluding diaryl/α,β-unsaturated/α-hetero) is 1. The fraction of sp³-hybridized carbons (Fsp3) is 0.273. The van der Waals surface area contributed by atoms with Crippen LogP contribution in [0.15, 0.2) is 30.3 Å². The first-order chi connectivity index (χ1) is 7.84. The molecule has 0 aliphatic rings. The highest BCUT2D eigenvalue weighted by molar-refractivity contribution is 7.95. The van der Waals surface area contributed by atoms with Gasteiger partial charge in [0, 0.05) is 5.56 Å². The van der Waals surface area contributed by atoms with Crippen LogP contribution in [0.25, 0.3) is 0 Å². The number of carbonyl (C=O) groups is 1. The summed E-state index contributed by atoms with van der Waals surface area (Å²) in [5.41, 5.74) is 5.56. The Balaban J connectivity index is 2.95. The van der Waals surface area contributed by atoms with E-state index in [0.717, 1.165) is 0 Å². The predicted molar refractivity (Wildman–Crippen MR) is 70.8 cm³/mol. The maximum atomic E-state index is 11.9. The van der Waals surface area contributed by atoms with Crippen LogP contribution in [-0.2, 0) is 9.84 Å². The Morgan fingerprint density at radius 2 is 1.88 bits per heavy atom. The molecule has 4 nitrogen and oxygen atoms in total. The molecule has 1 aromatic carbocycles. The van der Waals surface area contributed by atoms with Crippen LogP contribution in [-0.4, -0.2) is 30.2 Å². The minimum Gasteiger partial charge on any atom is -0.392 e. The number of hydrogen-bond donors (Lipinski definition) is 1. The van der Waals surface area contributed by atoms with Gasteiger partial charge in [0.25, 0.3) is 0 Å². The van der Waals surface area contributed by atoms with E-state index < -0.39 is 26.6 Å². The minimum atomic E-state index is -3.62. The molecule has 2 N–H and O–H groups in total. The van der Waals surface area contributed by atoms with Crippen LogP contribution in [0.4, 0.5) is 0 Å². The van der Waals surface area contributed by atoms with Gasteiger partial charge < -0.3 is 5.73 Å². The van der Waals surface area contributed by atoms with Gasteiger partial charge in [-0.1, -0.05) is 42.5 Å². The lowest BCUT2D eigenvalue weighted by atomic mass is 10.1. The number of hydrogen-bond acceptors (Lipinski definition) is 4. The molecule has 1 unspecified atom stereocenters. The van der Waals surface area contributed by atoms with Gasteiger partial charge >= 0.3 is 0 Å². The Kier molecular flexibility index (Phi) is 4.36. The summed E-state index contributed by atoms with van der Waals surface area (Å²) in [5, 5.41) is -1.13. The largest absolute Gasteiger partial charge is 0.392 e. The first-order valence-electron chi connectivity index (χ1n) is 4.93. The van der Waals surface area contributed by atoms with Crippen molar-refractivity contribution >= 4 is 32.8 Å². The van der Waals surface area contributed by atoms with Crippen molar-refractivity contribution in [1.29, 1.82) is 0 Å². The van der Waals surface area contributed by atoms with Crippen molar-refractivity contribution < 1.29 is 13.2 Å². The summed E-state index contributed by atoms with van der Waals surface area (Å²) >= 11 is 4.55. The quantitative estimate of drug-likeness (QED) is 0.637. The number of thiocarbonyl (C=S) groups is 1. The van der Waals surface area contributed by atoms with Crippen molar-refractivity contribution in [3.05, 3.63) is 35.9 Å². The summed E-state index contributed by atoms with van der Waals surface area (Å²) in [5.74, 6) is -0.885. The maximum Gasteiger partial charge on any atom is 0.180 e. The van der Waals surface area contributed by atoms with Crippen molar-refractivity contribution in [2.75, 3.05) is 5.75 Å². The van der Waals surface area contributed by atoms with Gasteiger partial charge in [0.1, 0.15) is 11.0 Å². The molecule has 1 rings (SSSR count). The zero-order chi connectivity index (χ0) is 13.1. The Hall–Kier alpha value is -1.27. The van der Waals surface area contributed by atoms with E-state index in [1.807, 2.05) is 0 Å². The van der Waals surface area contributed by atoms with Crippen LogP contribution >= 0.6 is 12.2 Å². The zero-order valence-corrected chi connectivity index (χ0v) is 10.9. The van der Waals surface area contributed by atoms with Crippen LogP contribution in [0.2, 0.25) is 0 Å². The highest BCUT2D eigenvalue weighted by Gasteiger charge is 2.29. The van der Waals surface area contributed by atoms with E-state index in [-0.39, 0.29) is 4.99 Å². The molecule has 0 bridgehead atoms. The summed E-state index contributed by atoms with van der Waals surface area (Å²) < 4.78 is 23.5. The summed E-state index contributed by atoms with van der Waals surface area (Å²) in [6.07, 6.45) is 0. The number of benzene rings is 1. The van der Waals surface area contributed by atoms with E-state index in [1.54, 1.807) is 30.3 Å². The van der Waals surface area contributed by atoms with Gasteiger partial charge in [0.2, 0.25) is 0 Å². The van der Waals surface area contributed by atoms with E-state index >= 15 is 0 Å². The first-order valence-corrected chi connectivity index (χ1v) is 7.06. The van der Waals surface area contributed by atoms with Gasteiger partial charge in [-0.3, -0.25) is 4.79 Å². The van der Waals surface area contributed by atoms with E-state index in [1.165, 1.54) is 6.92 Å². The Labute approximate surface area is 106 Å². The number of carbonyl (C=O) groups excluding carboxylic acids is 1. The molecule has 1 atom stereocenters. The molecule has 0 fully saturated rings. The third-order valence-corrected chi connectivity index (χ3v) is 4.64. The fourth-order valence-electron chi connectivity index (χ4n) is 1.32. The van der Waals surface area contributed by atoms with Gasteiger partial charge in [0.05, 0.1) is 4.99 Å². The molecule has 17 heavy (non-hydrogen) atoms. The maximum absolute atomic E-state index is 11.9. The zero-order valence-electron chi connectivity index (χ0n) is 9.29. The molecule has 6 heteroatoms. The van der Waals surface area contributed by atoms with Crippen LogP contribution in [0.1, 0.15) is 17.3 Å². The Morgan fingerprint density at radius 1 is 1.35 bits per heavy atom. The molecule has 0 spiro atoms. The molecule has 0 heterocycles. The molecule has 0 amide bonds. The number of nitrogens with two attached hydrogens (primary N) is 1. The number of rotatable bonds is 5. The van der Waals surface area contributed by atoms with Gasteiger partial charge in [0.15, 0.2) is 15.6 Å². The molecule has 0 saturated heterocycles. The lowest BCUT2D eigenvalue weighted by molar-refractivity contribution is 0.0991. The van der Waals surface area contributed by atoms with Crippen molar-refractivity contribution in [1.82, 2.24) is 0 Å². The third kappa shape index (κ3) is 3.61. The molecular formula is C11H13NO3S2. The highest BCUT2D eigenvalue weighted by atomic mass is 32.2. The molecule has 0 aliphatic carbocycles. The third-order valence-electron chi connectivity index (χ3n) is 2.31. The Bertz CT molecular complexity index is 523. The lowest BCUT2D eigenvalue weighted by Crippen LogP contribution is -2.33. The SMILES string of the molecule is CC(C(=O)c1ccccc1)S(=O)(=O)CC(N)=S. The molecule has 0 aromatic heterocycles. The van der Waals surface area contributed by atoms with E-state index in [2.05, 4.69) is 12.2 Å². The van der Waals surface area contributed by atoms with Gasteiger partial charge in [-0.2, -0.15) is 0 Å². The predicted octanol–water partition coefficient (Wildman–Crippen LogP) is 0.959. The first kappa shape index (κ1) is 13.8. The van der Waals surface area contributed by atoms with Crippen LogP contribution in [0.3, 0.4) is 0 Å². The van der Waals surface area contributed by atoms with Crippen LogP contribution in [0.5, 0.6) is 0 Å². The van der Waals surface area contributed by atoms with E-state index in [4.69, 9.17) is 5.73 Å². The van der Waals surface area contributed by atoms with Crippen molar-refractivity contribution in [3.63, 3.8) is 0 Å². The van der Waals surface area contributed by atoms with Crippen molar-refractivity contribution in [2.45, 2.75) is 12.2 Å². The minimum absolute atomic E-state index is 0.127. The summed E-state index contributed by atoms with van der Waals surface area (Å²) in [7, 11) is -3.62. The second-order valence-electron chi connectivity index (χ2n) is 3.65. The highest BCUT2D eigenvalue weighted by Crippen LogP contribution is 2.11. The molecule has 0 saturated carbocycles. The summed E-state index contributed by atoms with van der Waals surface area (Å²) in [6, 6.07) is 8.27. The molecule has 0 aliphatic heterocycles. The monoisotopic (exact) mass is 271 g/mol. The summed E-state index contributed by atoms with van der Waals surface area (Å²) in [6.45, 7) is 1.35. The standard InChI is InChI=1S/C11H13NO3S2/c1-8(17(14,15)7-10(12)16)11(13)9-5-3-2-4-6-9/h2-6,8H,7H2,1H3,(H2,12,16). The molecule has 1 aromatic rings. The van der Waals surface area contributed by atoms with Crippen LogP contribution in [0, 0.1) is 0 Å². The average molecular weight is 271 g/mol. The fourth-order valence-corrected chi connectivity index (χ4v) is 2.93. The van der Waals surface area contributed by atoms with Gasteiger partial charge in [-0.05, 0) is 6.92 Å².